The topological polar surface area (TPSA) is 64.0 Å². The largest absolute Gasteiger partial charge is 0.321 e. The second-order valence-corrected chi connectivity index (χ2v) is 7.80. The fourth-order valence-electron chi connectivity index (χ4n) is 3.52. The average Bonchev–Trinajstić information content (AvgIpc) is 2.80. The summed E-state index contributed by atoms with van der Waals surface area (Å²) in [6.07, 6.45) is 4.01. The van der Waals surface area contributed by atoms with Gasteiger partial charge in [-0.15, -0.1) is 11.3 Å². The summed E-state index contributed by atoms with van der Waals surface area (Å²) < 4.78 is 1.80. The Balaban J connectivity index is 1.78. The standard InChI is InChI=1S/C20H21N3O2S/c1-12-8-5-6-9-14(12)21-18(24)17-13(2)16-19(26-17)22-15-10-4-3-7-11-23(15)20(16)25/h5-6,8-9H,3-4,7,10-11H2,1-2H3,(H,21,24). The van der Waals surface area contributed by atoms with Crippen LogP contribution in [0.4, 0.5) is 5.69 Å². The third-order valence-corrected chi connectivity index (χ3v) is 6.20. The van der Waals surface area contributed by atoms with E-state index in [1.165, 1.54) is 11.3 Å². The minimum Gasteiger partial charge on any atom is -0.321 e. The molecule has 0 fully saturated rings. The molecular formula is C20H21N3O2S. The van der Waals surface area contributed by atoms with E-state index in [2.05, 4.69) is 5.32 Å². The number of nitrogens with zero attached hydrogens (tertiary/aromatic N) is 2. The van der Waals surface area contributed by atoms with Gasteiger partial charge in [0.05, 0.1) is 10.3 Å². The van der Waals surface area contributed by atoms with Crippen LogP contribution in [-0.2, 0) is 13.0 Å². The van der Waals surface area contributed by atoms with Gasteiger partial charge in [-0.3, -0.25) is 14.2 Å². The summed E-state index contributed by atoms with van der Waals surface area (Å²) in [5.74, 6) is 0.673. The van der Waals surface area contributed by atoms with Crippen molar-refractivity contribution in [2.75, 3.05) is 5.32 Å². The second-order valence-electron chi connectivity index (χ2n) is 6.80. The molecule has 26 heavy (non-hydrogen) atoms. The van der Waals surface area contributed by atoms with Crippen LogP contribution in [0, 0.1) is 13.8 Å². The van der Waals surface area contributed by atoms with Gasteiger partial charge in [-0.05, 0) is 43.9 Å². The zero-order valence-corrected chi connectivity index (χ0v) is 15.8. The van der Waals surface area contributed by atoms with Crippen molar-refractivity contribution in [3.63, 3.8) is 0 Å². The molecule has 0 atom stereocenters. The fourth-order valence-corrected chi connectivity index (χ4v) is 4.60. The van der Waals surface area contributed by atoms with Crippen molar-refractivity contribution in [3.8, 4) is 0 Å². The highest BCUT2D eigenvalue weighted by molar-refractivity contribution is 7.20. The molecule has 3 aromatic rings. The predicted molar refractivity (Wildman–Crippen MR) is 105 cm³/mol. The lowest BCUT2D eigenvalue weighted by atomic mass is 10.1. The lowest BCUT2D eigenvalue weighted by Crippen LogP contribution is -2.24. The van der Waals surface area contributed by atoms with Gasteiger partial charge in [0.1, 0.15) is 10.7 Å². The molecule has 2 aromatic heterocycles. The van der Waals surface area contributed by atoms with Crippen LogP contribution in [0.1, 0.15) is 45.9 Å². The highest BCUT2D eigenvalue weighted by atomic mass is 32.1. The molecule has 1 amide bonds. The highest BCUT2D eigenvalue weighted by Gasteiger charge is 2.22. The predicted octanol–water partition coefficient (Wildman–Crippen LogP) is 4.05. The number of aryl methyl sites for hydroxylation is 3. The van der Waals surface area contributed by atoms with Crippen molar-refractivity contribution in [2.24, 2.45) is 0 Å². The van der Waals surface area contributed by atoms with Crippen molar-refractivity contribution in [1.29, 1.82) is 0 Å². The molecule has 0 aliphatic carbocycles. The zero-order valence-electron chi connectivity index (χ0n) is 15.0. The third-order valence-electron chi connectivity index (χ3n) is 5.01. The van der Waals surface area contributed by atoms with Gasteiger partial charge in [-0.25, -0.2) is 4.98 Å². The first-order chi connectivity index (χ1) is 12.6. The Hall–Kier alpha value is -2.47. The van der Waals surface area contributed by atoms with Gasteiger partial charge in [-0.1, -0.05) is 24.6 Å². The van der Waals surface area contributed by atoms with Crippen LogP contribution in [-0.4, -0.2) is 15.5 Å². The molecule has 0 saturated carbocycles. The quantitative estimate of drug-likeness (QED) is 0.743. The summed E-state index contributed by atoms with van der Waals surface area (Å²) in [6.45, 7) is 4.52. The van der Waals surface area contributed by atoms with Gasteiger partial charge in [0.15, 0.2) is 0 Å². The monoisotopic (exact) mass is 367 g/mol. The first-order valence-electron chi connectivity index (χ1n) is 8.96. The number of aromatic nitrogens is 2. The number of para-hydroxylation sites is 1. The normalized spacial score (nSPS) is 14.1. The van der Waals surface area contributed by atoms with Crippen LogP contribution in [0.3, 0.4) is 0 Å². The molecule has 1 aliphatic rings. The molecule has 0 radical (unpaired) electrons. The van der Waals surface area contributed by atoms with E-state index >= 15 is 0 Å². The summed E-state index contributed by atoms with van der Waals surface area (Å²) in [5.41, 5.74) is 2.52. The fraction of sp³-hybridized carbons (Fsp3) is 0.350. The van der Waals surface area contributed by atoms with Crippen molar-refractivity contribution >= 4 is 33.1 Å². The molecule has 1 aromatic carbocycles. The van der Waals surface area contributed by atoms with E-state index in [0.717, 1.165) is 54.9 Å². The third kappa shape index (κ3) is 2.84. The first kappa shape index (κ1) is 17.0. The number of rotatable bonds is 2. The Bertz CT molecular complexity index is 1060. The van der Waals surface area contributed by atoms with Crippen LogP contribution in [0.25, 0.3) is 10.2 Å². The lowest BCUT2D eigenvalue weighted by molar-refractivity contribution is 0.103. The van der Waals surface area contributed by atoms with E-state index < -0.39 is 0 Å². The van der Waals surface area contributed by atoms with Gasteiger partial charge in [-0.2, -0.15) is 0 Å². The average molecular weight is 367 g/mol. The molecule has 3 heterocycles. The number of carbonyl (C=O) groups is 1. The van der Waals surface area contributed by atoms with Crippen LogP contribution in [0.15, 0.2) is 29.1 Å². The molecule has 0 spiro atoms. The van der Waals surface area contributed by atoms with Crippen LogP contribution in [0.5, 0.6) is 0 Å². The van der Waals surface area contributed by atoms with Crippen LogP contribution < -0.4 is 10.9 Å². The highest BCUT2D eigenvalue weighted by Crippen LogP contribution is 2.29. The number of benzene rings is 1. The van der Waals surface area contributed by atoms with Gasteiger partial charge in [0.25, 0.3) is 11.5 Å². The Morgan fingerprint density at radius 1 is 1.19 bits per heavy atom. The van der Waals surface area contributed by atoms with Gasteiger partial charge in [0, 0.05) is 18.7 Å². The second kappa shape index (κ2) is 6.68. The summed E-state index contributed by atoms with van der Waals surface area (Å²) >= 11 is 1.31. The van der Waals surface area contributed by atoms with E-state index in [0.29, 0.717) is 15.1 Å². The number of hydrogen-bond donors (Lipinski definition) is 1. The van der Waals surface area contributed by atoms with Crippen molar-refractivity contribution < 1.29 is 4.79 Å². The van der Waals surface area contributed by atoms with E-state index in [1.807, 2.05) is 38.1 Å². The number of anilines is 1. The molecular weight excluding hydrogens is 346 g/mol. The molecule has 0 saturated heterocycles. The van der Waals surface area contributed by atoms with Crippen molar-refractivity contribution in [1.82, 2.24) is 9.55 Å². The number of fused-ring (bicyclic) bond motifs is 2. The summed E-state index contributed by atoms with van der Waals surface area (Å²) in [7, 11) is 0. The van der Waals surface area contributed by atoms with E-state index in [4.69, 9.17) is 4.98 Å². The summed E-state index contributed by atoms with van der Waals surface area (Å²) in [4.78, 5) is 31.8. The van der Waals surface area contributed by atoms with Crippen LogP contribution >= 0.6 is 11.3 Å². The van der Waals surface area contributed by atoms with Gasteiger partial charge >= 0.3 is 0 Å². The molecule has 5 nitrogen and oxygen atoms in total. The Kier molecular flexibility index (Phi) is 4.36. The maximum absolute atomic E-state index is 13.0. The minimum absolute atomic E-state index is 0.00408. The Morgan fingerprint density at radius 3 is 2.81 bits per heavy atom. The molecule has 6 heteroatoms. The van der Waals surface area contributed by atoms with Gasteiger partial charge < -0.3 is 5.32 Å². The van der Waals surface area contributed by atoms with E-state index in [9.17, 15) is 9.59 Å². The minimum atomic E-state index is -0.181. The molecule has 0 unspecified atom stereocenters. The summed E-state index contributed by atoms with van der Waals surface area (Å²) in [5, 5.41) is 3.56. The molecule has 134 valence electrons. The molecule has 4 rings (SSSR count). The maximum Gasteiger partial charge on any atom is 0.266 e. The van der Waals surface area contributed by atoms with Crippen LogP contribution in [0.2, 0.25) is 0 Å². The molecule has 1 N–H and O–H groups in total. The number of carbonyl (C=O) groups excluding carboxylic acids is 1. The van der Waals surface area contributed by atoms with E-state index in [-0.39, 0.29) is 11.5 Å². The van der Waals surface area contributed by atoms with Gasteiger partial charge in [0.2, 0.25) is 0 Å². The number of hydrogen-bond acceptors (Lipinski definition) is 4. The summed E-state index contributed by atoms with van der Waals surface area (Å²) in [6, 6.07) is 7.67. The first-order valence-corrected chi connectivity index (χ1v) is 9.77. The smallest absolute Gasteiger partial charge is 0.266 e. The SMILES string of the molecule is Cc1ccccc1NC(=O)c1sc2nc3n(c(=O)c2c1C)CCCCC3. The van der Waals surface area contributed by atoms with E-state index in [1.54, 1.807) is 4.57 Å². The number of thiophene rings is 1. The Morgan fingerprint density at radius 2 is 2.00 bits per heavy atom. The number of nitrogens with one attached hydrogen (secondary N) is 1. The Labute approximate surface area is 155 Å². The van der Waals surface area contributed by atoms with Crippen molar-refractivity contribution in [2.45, 2.75) is 46.1 Å². The molecule has 0 bridgehead atoms. The molecule has 1 aliphatic heterocycles. The number of amides is 1. The zero-order chi connectivity index (χ0) is 18.3. The lowest BCUT2D eigenvalue weighted by Gasteiger charge is -2.08. The van der Waals surface area contributed by atoms with Crippen molar-refractivity contribution in [3.05, 3.63) is 56.4 Å². The maximum atomic E-state index is 13.0.